The van der Waals surface area contributed by atoms with E-state index in [2.05, 4.69) is 5.32 Å². The molecule has 0 unspecified atom stereocenters. The number of anilines is 1. The van der Waals surface area contributed by atoms with Gasteiger partial charge >= 0.3 is 0 Å². The summed E-state index contributed by atoms with van der Waals surface area (Å²) in [5.74, 6) is -2.37. The number of primary amides is 1. The van der Waals surface area contributed by atoms with Gasteiger partial charge in [0.15, 0.2) is 0 Å². The summed E-state index contributed by atoms with van der Waals surface area (Å²) in [7, 11) is 0. The molecule has 3 N–H and O–H groups in total. The molecular formula is C39H39ClFN3O3. The van der Waals surface area contributed by atoms with Crippen LogP contribution in [0.5, 0.6) is 0 Å². The van der Waals surface area contributed by atoms with Gasteiger partial charge in [-0.3, -0.25) is 14.4 Å². The first-order valence-corrected chi connectivity index (χ1v) is 16.8. The Hall–Kier alpha value is -4.49. The number of carbonyl (C=O) groups is 3. The number of halogens is 2. The van der Waals surface area contributed by atoms with Crippen molar-refractivity contribution in [3.05, 3.63) is 113 Å². The van der Waals surface area contributed by atoms with Crippen LogP contribution < -0.4 is 16.0 Å². The highest BCUT2D eigenvalue weighted by atomic mass is 35.5. The SMILES string of the molecule is CCCC[C@H](C(N)=O)[C@@H](CC1CC1)C(=O)N[C@@H]1C(=O)N(Cc2cccc(-c3ccc(F)c(Cl)c3)c2)c2ccccc2-c2ccccc21. The quantitative estimate of drug-likeness (QED) is 0.162. The number of nitrogens with zero attached hydrogens (tertiary/aromatic N) is 1. The van der Waals surface area contributed by atoms with Crippen LogP contribution in [0, 0.1) is 23.6 Å². The summed E-state index contributed by atoms with van der Waals surface area (Å²) >= 11 is 6.08. The van der Waals surface area contributed by atoms with Gasteiger partial charge in [0.05, 0.1) is 17.3 Å². The third-order valence-corrected chi connectivity index (χ3v) is 9.71. The van der Waals surface area contributed by atoms with Crippen LogP contribution in [0.15, 0.2) is 91.0 Å². The third kappa shape index (κ3) is 7.10. The van der Waals surface area contributed by atoms with E-state index in [-0.39, 0.29) is 23.4 Å². The summed E-state index contributed by atoms with van der Waals surface area (Å²) in [5.41, 5.74) is 11.5. The minimum atomic E-state index is -0.980. The predicted molar refractivity (Wildman–Crippen MR) is 184 cm³/mol. The number of rotatable bonds is 12. The van der Waals surface area contributed by atoms with Crippen LogP contribution in [0.4, 0.5) is 10.1 Å². The van der Waals surface area contributed by atoms with Crippen molar-refractivity contribution in [2.45, 2.75) is 58.0 Å². The molecular weight excluding hydrogens is 613 g/mol. The van der Waals surface area contributed by atoms with Crippen molar-refractivity contribution in [1.82, 2.24) is 5.32 Å². The molecule has 1 aliphatic carbocycles. The average Bonchev–Trinajstić information content (AvgIpc) is 3.91. The largest absolute Gasteiger partial charge is 0.369 e. The Morgan fingerprint density at radius 3 is 2.38 bits per heavy atom. The van der Waals surface area contributed by atoms with Crippen LogP contribution in [0.25, 0.3) is 22.3 Å². The van der Waals surface area contributed by atoms with E-state index in [1.807, 2.05) is 79.7 Å². The van der Waals surface area contributed by atoms with Gasteiger partial charge in [-0.15, -0.1) is 0 Å². The van der Waals surface area contributed by atoms with Crippen molar-refractivity contribution < 1.29 is 18.8 Å². The fourth-order valence-corrected chi connectivity index (χ4v) is 6.91. The normalized spacial score (nSPS) is 16.9. The van der Waals surface area contributed by atoms with E-state index in [0.29, 0.717) is 24.3 Å². The monoisotopic (exact) mass is 651 g/mol. The molecule has 1 aliphatic heterocycles. The summed E-state index contributed by atoms with van der Waals surface area (Å²) in [5, 5.41) is 3.16. The Morgan fingerprint density at radius 1 is 0.936 bits per heavy atom. The smallest absolute Gasteiger partial charge is 0.254 e. The average molecular weight is 652 g/mol. The van der Waals surface area contributed by atoms with Crippen molar-refractivity contribution in [3.8, 4) is 22.3 Å². The number of benzene rings is 4. The molecule has 242 valence electrons. The Balaban J connectivity index is 1.37. The van der Waals surface area contributed by atoms with Crippen LogP contribution in [0.2, 0.25) is 5.02 Å². The van der Waals surface area contributed by atoms with Crippen molar-refractivity contribution in [2.24, 2.45) is 23.5 Å². The van der Waals surface area contributed by atoms with E-state index in [1.54, 1.807) is 17.0 Å². The summed E-state index contributed by atoms with van der Waals surface area (Å²) in [6, 6.07) is 26.7. The summed E-state index contributed by atoms with van der Waals surface area (Å²) in [4.78, 5) is 43.3. The van der Waals surface area contributed by atoms with E-state index in [0.717, 1.165) is 59.2 Å². The van der Waals surface area contributed by atoms with E-state index < -0.39 is 29.6 Å². The second-order valence-corrected chi connectivity index (χ2v) is 13.1. The summed E-state index contributed by atoms with van der Waals surface area (Å²) in [6.07, 6.45) is 4.86. The Kier molecular flexibility index (Phi) is 9.73. The van der Waals surface area contributed by atoms with Gasteiger partial charge in [-0.05, 0) is 70.8 Å². The van der Waals surface area contributed by atoms with Crippen molar-refractivity contribution >= 4 is 35.0 Å². The first-order valence-electron chi connectivity index (χ1n) is 16.4. The maximum absolute atomic E-state index is 14.7. The van der Waals surface area contributed by atoms with Crippen LogP contribution in [0.3, 0.4) is 0 Å². The molecule has 0 aromatic heterocycles. The van der Waals surface area contributed by atoms with Gasteiger partial charge in [0, 0.05) is 17.4 Å². The van der Waals surface area contributed by atoms with E-state index in [1.165, 1.54) is 6.07 Å². The molecule has 3 atom stereocenters. The highest BCUT2D eigenvalue weighted by molar-refractivity contribution is 6.31. The Bertz CT molecular complexity index is 1810. The number of unbranched alkanes of at least 4 members (excludes halogenated alkanes) is 1. The molecule has 0 bridgehead atoms. The molecule has 8 heteroatoms. The third-order valence-electron chi connectivity index (χ3n) is 9.42. The molecule has 0 saturated heterocycles. The number of nitrogens with two attached hydrogens (primary N) is 1. The molecule has 3 amide bonds. The first kappa shape index (κ1) is 32.5. The Morgan fingerprint density at radius 2 is 1.66 bits per heavy atom. The number of fused-ring (bicyclic) bond motifs is 3. The first-order chi connectivity index (χ1) is 22.7. The second-order valence-electron chi connectivity index (χ2n) is 12.7. The molecule has 4 aromatic rings. The predicted octanol–water partition coefficient (Wildman–Crippen LogP) is 8.23. The molecule has 6 rings (SSSR count). The molecule has 47 heavy (non-hydrogen) atoms. The lowest BCUT2D eigenvalue weighted by atomic mass is 9.82. The molecule has 6 nitrogen and oxygen atoms in total. The zero-order chi connectivity index (χ0) is 33.1. The minimum Gasteiger partial charge on any atom is -0.369 e. The number of amides is 3. The van der Waals surface area contributed by atoms with Crippen LogP contribution >= 0.6 is 11.6 Å². The van der Waals surface area contributed by atoms with Gasteiger partial charge in [0.2, 0.25) is 11.8 Å². The van der Waals surface area contributed by atoms with Crippen LogP contribution in [-0.4, -0.2) is 17.7 Å². The standard InChI is InChI=1S/C39H39ClFN3O3/c1-2-3-11-31(37(42)45)32(21-24-16-17-24)38(46)43-36-30-14-5-4-12-28(30)29-13-6-7-15-35(29)44(39(36)47)23-25-9-8-10-26(20-25)27-18-19-34(41)33(40)22-27/h4-10,12-15,18-20,22,24,31-32,36H,2-3,11,16-17,21,23H2,1H3,(H2,42,45)(H,43,46)/t31-,32+,36-/m0/s1. The summed E-state index contributed by atoms with van der Waals surface area (Å²) in [6.45, 7) is 2.27. The van der Waals surface area contributed by atoms with Gasteiger partial charge in [0.1, 0.15) is 11.9 Å². The highest BCUT2D eigenvalue weighted by Crippen LogP contribution is 2.42. The van der Waals surface area contributed by atoms with E-state index in [9.17, 15) is 18.8 Å². The van der Waals surface area contributed by atoms with E-state index in [4.69, 9.17) is 17.3 Å². The van der Waals surface area contributed by atoms with Crippen molar-refractivity contribution in [1.29, 1.82) is 0 Å². The Labute approximate surface area is 280 Å². The van der Waals surface area contributed by atoms with Crippen LogP contribution in [0.1, 0.15) is 62.6 Å². The van der Waals surface area contributed by atoms with Gasteiger partial charge in [0.25, 0.3) is 5.91 Å². The van der Waals surface area contributed by atoms with Gasteiger partial charge < -0.3 is 16.0 Å². The number of nitrogens with one attached hydrogen (secondary N) is 1. The van der Waals surface area contributed by atoms with Gasteiger partial charge in [-0.2, -0.15) is 0 Å². The molecule has 1 saturated carbocycles. The molecule has 4 aromatic carbocycles. The zero-order valence-electron chi connectivity index (χ0n) is 26.4. The maximum atomic E-state index is 14.7. The summed E-state index contributed by atoms with van der Waals surface area (Å²) < 4.78 is 13.9. The fourth-order valence-electron chi connectivity index (χ4n) is 6.73. The number of hydrogen-bond acceptors (Lipinski definition) is 3. The number of para-hydroxylation sites is 1. The molecule has 2 aliphatic rings. The van der Waals surface area contributed by atoms with E-state index >= 15 is 0 Å². The van der Waals surface area contributed by atoms with Gasteiger partial charge in [-0.25, -0.2) is 4.39 Å². The van der Waals surface area contributed by atoms with Crippen LogP contribution in [-0.2, 0) is 20.9 Å². The number of hydrogen-bond donors (Lipinski definition) is 2. The van der Waals surface area contributed by atoms with Gasteiger partial charge in [-0.1, -0.05) is 111 Å². The minimum absolute atomic E-state index is 0.0362. The lowest BCUT2D eigenvalue weighted by Gasteiger charge is -2.29. The molecule has 1 heterocycles. The fraction of sp³-hybridized carbons (Fsp3) is 0.308. The molecule has 1 fully saturated rings. The lowest BCUT2D eigenvalue weighted by molar-refractivity contribution is -0.136. The van der Waals surface area contributed by atoms with Crippen molar-refractivity contribution in [3.63, 3.8) is 0 Å². The zero-order valence-corrected chi connectivity index (χ0v) is 27.2. The highest BCUT2D eigenvalue weighted by Gasteiger charge is 2.40. The maximum Gasteiger partial charge on any atom is 0.254 e. The number of carbonyl (C=O) groups excluding carboxylic acids is 3. The second kappa shape index (κ2) is 14.1. The van der Waals surface area contributed by atoms with Crippen molar-refractivity contribution in [2.75, 3.05) is 4.90 Å². The lowest BCUT2D eigenvalue weighted by Crippen LogP contribution is -2.46. The topological polar surface area (TPSA) is 92.5 Å². The molecule has 0 spiro atoms. The molecule has 0 radical (unpaired) electrons.